The molecule has 0 bridgehead atoms. The highest BCUT2D eigenvalue weighted by atomic mass is 35.5. The topological polar surface area (TPSA) is 59.0 Å². The minimum Gasteiger partial charge on any atom is -0.451 e. The summed E-state index contributed by atoms with van der Waals surface area (Å²) in [5.74, 6) is -0.567. The fourth-order valence-electron chi connectivity index (χ4n) is 5.70. The van der Waals surface area contributed by atoms with Crippen molar-refractivity contribution >= 4 is 53.4 Å². The maximum Gasteiger partial charge on any atom is 0.334 e. The highest BCUT2D eigenvalue weighted by Gasteiger charge is 2.56. The van der Waals surface area contributed by atoms with Gasteiger partial charge >= 0.3 is 5.97 Å². The molecule has 0 fully saturated rings. The SMILES string of the molecule is C[C@@]1(c2ccc(Cl)c(Cl)c2)[C@H](C(=O)OC(c2ccccc2)c2ccccc2)N=CN1P(=O)(c1ccccc1)c1ccccc1. The molecule has 0 aromatic heterocycles. The number of hydrogen-bond donors (Lipinski definition) is 0. The molecule has 6 rings (SSSR count). The van der Waals surface area contributed by atoms with Crippen LogP contribution in [0.4, 0.5) is 0 Å². The number of ether oxygens (including phenoxy) is 1. The molecule has 0 saturated carbocycles. The number of rotatable bonds is 8. The number of carbonyl (C=O) groups is 1. The Labute approximate surface area is 267 Å². The Morgan fingerprint density at radius 1 is 0.750 bits per heavy atom. The van der Waals surface area contributed by atoms with Gasteiger partial charge in [0.2, 0.25) is 7.29 Å². The summed E-state index contributed by atoms with van der Waals surface area (Å²) in [5, 5.41) is 1.88. The van der Waals surface area contributed by atoms with Crippen LogP contribution in [-0.4, -0.2) is 23.0 Å². The summed E-state index contributed by atoms with van der Waals surface area (Å²) in [4.78, 5) is 19.1. The van der Waals surface area contributed by atoms with Gasteiger partial charge in [0.15, 0.2) is 12.1 Å². The second kappa shape index (κ2) is 12.5. The molecule has 220 valence electrons. The summed E-state index contributed by atoms with van der Waals surface area (Å²) >= 11 is 12.9. The summed E-state index contributed by atoms with van der Waals surface area (Å²) in [7, 11) is -3.61. The van der Waals surface area contributed by atoms with Crippen LogP contribution >= 0.6 is 30.5 Å². The molecule has 5 aromatic rings. The van der Waals surface area contributed by atoms with E-state index in [-0.39, 0.29) is 0 Å². The first-order chi connectivity index (χ1) is 21.3. The molecule has 2 atom stereocenters. The molecule has 0 amide bonds. The van der Waals surface area contributed by atoms with E-state index >= 15 is 4.57 Å². The van der Waals surface area contributed by atoms with Crippen molar-refractivity contribution in [1.82, 2.24) is 4.67 Å². The van der Waals surface area contributed by atoms with Crippen molar-refractivity contribution in [1.29, 1.82) is 0 Å². The van der Waals surface area contributed by atoms with Crippen LogP contribution in [0.5, 0.6) is 0 Å². The minimum atomic E-state index is -3.61. The number of halogens is 2. The Bertz CT molecular complexity index is 1760. The van der Waals surface area contributed by atoms with E-state index in [2.05, 4.69) is 0 Å². The zero-order valence-corrected chi connectivity index (χ0v) is 26.2. The third-order valence-electron chi connectivity index (χ3n) is 8.02. The Morgan fingerprint density at radius 3 is 1.70 bits per heavy atom. The summed E-state index contributed by atoms with van der Waals surface area (Å²) in [6.45, 7) is 1.85. The Morgan fingerprint density at radius 2 is 1.23 bits per heavy atom. The summed E-state index contributed by atoms with van der Waals surface area (Å²) in [6, 6.07) is 41.7. The van der Waals surface area contributed by atoms with Crippen LogP contribution in [0.1, 0.15) is 29.7 Å². The molecule has 0 saturated heterocycles. The molecule has 1 heterocycles. The van der Waals surface area contributed by atoms with Crippen molar-refractivity contribution in [2.24, 2.45) is 4.99 Å². The van der Waals surface area contributed by atoms with Gasteiger partial charge < -0.3 is 4.74 Å². The molecule has 8 heteroatoms. The molecule has 44 heavy (non-hydrogen) atoms. The van der Waals surface area contributed by atoms with Crippen LogP contribution in [0.3, 0.4) is 0 Å². The first-order valence-electron chi connectivity index (χ1n) is 14.1. The van der Waals surface area contributed by atoms with Gasteiger partial charge in [0.25, 0.3) is 0 Å². The van der Waals surface area contributed by atoms with Crippen LogP contribution in [0.25, 0.3) is 0 Å². The van der Waals surface area contributed by atoms with Crippen molar-refractivity contribution in [2.45, 2.75) is 24.6 Å². The molecule has 0 unspecified atom stereocenters. The molecule has 5 nitrogen and oxygen atoms in total. The largest absolute Gasteiger partial charge is 0.451 e. The van der Waals surface area contributed by atoms with E-state index in [0.717, 1.165) is 11.1 Å². The van der Waals surface area contributed by atoms with Gasteiger partial charge in [-0.05, 0) is 60.0 Å². The fourth-order valence-corrected chi connectivity index (χ4v) is 8.96. The predicted molar refractivity (Wildman–Crippen MR) is 179 cm³/mol. The van der Waals surface area contributed by atoms with Gasteiger partial charge in [-0.2, -0.15) is 0 Å². The smallest absolute Gasteiger partial charge is 0.334 e. The molecule has 0 radical (unpaired) electrons. The van der Waals surface area contributed by atoms with Gasteiger partial charge in [-0.3, -0.25) is 14.2 Å². The standard InChI is InChI=1S/C36H29Cl2N2O3P/c1-36(28-22-23-31(37)32(38)24-28)34(35(41)43-33(26-14-6-2-7-15-26)27-16-8-3-9-17-27)39-25-40(36)44(42,29-18-10-4-11-19-29)30-20-12-5-13-21-30/h2-25,33-34H,1H3/t34-,36+/m0/s1. The van der Waals surface area contributed by atoms with E-state index in [1.807, 2.05) is 128 Å². The first-order valence-corrected chi connectivity index (χ1v) is 16.6. The highest BCUT2D eigenvalue weighted by molar-refractivity contribution is 7.77. The lowest BCUT2D eigenvalue weighted by atomic mass is 9.85. The van der Waals surface area contributed by atoms with Gasteiger partial charge in [-0.1, -0.05) is 126 Å². The summed E-state index contributed by atoms with van der Waals surface area (Å²) < 4.78 is 23.7. The fraction of sp³-hybridized carbons (Fsp3) is 0.111. The molecule has 1 aliphatic rings. The average Bonchev–Trinajstić information content (AvgIpc) is 3.44. The van der Waals surface area contributed by atoms with Crippen LogP contribution in [0, 0.1) is 0 Å². The second-order valence-corrected chi connectivity index (χ2v) is 14.1. The molecular formula is C36H29Cl2N2O3P. The molecule has 0 aliphatic carbocycles. The predicted octanol–water partition coefficient (Wildman–Crippen LogP) is 8.18. The van der Waals surface area contributed by atoms with Crippen molar-refractivity contribution in [3.8, 4) is 0 Å². The summed E-state index contributed by atoms with van der Waals surface area (Å²) in [5.41, 5.74) is 0.988. The maximum absolute atomic E-state index is 15.6. The van der Waals surface area contributed by atoms with Gasteiger partial charge in [-0.15, -0.1) is 0 Å². The normalized spacial score (nSPS) is 18.0. The van der Waals surface area contributed by atoms with Gasteiger partial charge in [-0.25, -0.2) is 4.79 Å². The Hall–Kier alpha value is -4.15. The molecule has 5 aromatic carbocycles. The van der Waals surface area contributed by atoms with Crippen LogP contribution in [0.2, 0.25) is 10.0 Å². The Kier molecular flexibility index (Phi) is 8.46. The van der Waals surface area contributed by atoms with E-state index in [1.165, 1.54) is 6.34 Å². The number of nitrogens with zero attached hydrogens (tertiary/aromatic N) is 2. The van der Waals surface area contributed by atoms with E-state index < -0.39 is 30.9 Å². The number of hydrogen-bond acceptors (Lipinski definition) is 4. The van der Waals surface area contributed by atoms with Crippen LogP contribution in [0.15, 0.2) is 145 Å². The third-order valence-corrected chi connectivity index (χ3v) is 11.9. The van der Waals surface area contributed by atoms with E-state index in [0.29, 0.717) is 26.2 Å². The summed E-state index contributed by atoms with van der Waals surface area (Å²) in [6.07, 6.45) is 0.845. The first kappa shape index (κ1) is 29.9. The van der Waals surface area contributed by atoms with Gasteiger partial charge in [0, 0.05) is 10.6 Å². The van der Waals surface area contributed by atoms with E-state index in [1.54, 1.807) is 22.9 Å². The highest BCUT2D eigenvalue weighted by Crippen LogP contribution is 2.57. The van der Waals surface area contributed by atoms with E-state index in [4.69, 9.17) is 32.9 Å². The minimum absolute atomic E-state index is 0.310. The van der Waals surface area contributed by atoms with Crippen LogP contribution < -0.4 is 10.6 Å². The monoisotopic (exact) mass is 638 g/mol. The molecule has 0 N–H and O–H groups in total. The van der Waals surface area contributed by atoms with Crippen molar-refractivity contribution in [3.63, 3.8) is 0 Å². The lowest BCUT2D eigenvalue weighted by molar-refractivity contribution is -0.151. The molecule has 1 aliphatic heterocycles. The maximum atomic E-state index is 15.6. The second-order valence-electron chi connectivity index (χ2n) is 10.7. The van der Waals surface area contributed by atoms with Gasteiger partial charge in [0.1, 0.15) is 5.54 Å². The zero-order valence-electron chi connectivity index (χ0n) is 23.8. The van der Waals surface area contributed by atoms with Crippen molar-refractivity contribution < 1.29 is 14.1 Å². The average molecular weight is 640 g/mol. The number of carbonyl (C=O) groups excluding carboxylic acids is 1. The Balaban J connectivity index is 1.49. The molecule has 0 spiro atoms. The van der Waals surface area contributed by atoms with E-state index in [9.17, 15) is 4.79 Å². The molecular weight excluding hydrogens is 610 g/mol. The quantitative estimate of drug-likeness (QED) is 0.127. The lowest BCUT2D eigenvalue weighted by Gasteiger charge is -2.43. The van der Waals surface area contributed by atoms with Crippen LogP contribution in [-0.2, 0) is 19.6 Å². The number of benzene rings is 5. The lowest BCUT2D eigenvalue weighted by Crippen LogP contribution is -2.50. The number of esters is 1. The van der Waals surface area contributed by atoms with Crippen molar-refractivity contribution in [2.75, 3.05) is 0 Å². The third kappa shape index (κ3) is 5.37. The zero-order chi connectivity index (χ0) is 30.7. The number of aliphatic imine (C=N–C) groups is 1. The van der Waals surface area contributed by atoms with Crippen molar-refractivity contribution in [3.05, 3.63) is 166 Å². The van der Waals surface area contributed by atoms with Gasteiger partial charge in [0.05, 0.1) is 16.4 Å².